The van der Waals surface area contributed by atoms with E-state index in [0.29, 0.717) is 12.5 Å². The van der Waals surface area contributed by atoms with Crippen molar-refractivity contribution in [2.24, 2.45) is 0 Å². The fourth-order valence-electron chi connectivity index (χ4n) is 4.46. The first-order valence-electron chi connectivity index (χ1n) is 11.6. The number of amides is 2. The Morgan fingerprint density at radius 2 is 1.56 bits per heavy atom. The number of thioether (sulfide) groups is 2. The van der Waals surface area contributed by atoms with Gasteiger partial charge < -0.3 is 5.32 Å². The second-order valence-corrected chi connectivity index (χ2v) is 10.5. The third-order valence-electron chi connectivity index (χ3n) is 6.26. The Hall–Kier alpha value is -2.51. The van der Waals surface area contributed by atoms with Crippen LogP contribution in [0.3, 0.4) is 0 Å². The maximum atomic E-state index is 13.8. The van der Waals surface area contributed by atoms with Gasteiger partial charge in [-0.1, -0.05) is 62.4 Å². The molecule has 1 N–H and O–H groups in total. The summed E-state index contributed by atoms with van der Waals surface area (Å²) in [5.41, 5.74) is 5.81. The fraction of sp³-hybridized carbons (Fsp3) is 0.370. The summed E-state index contributed by atoms with van der Waals surface area (Å²) in [5, 5.41) is 4.85. The van der Waals surface area contributed by atoms with Crippen molar-refractivity contribution in [2.45, 2.75) is 62.2 Å². The Kier molecular flexibility index (Phi) is 7.84. The molecule has 0 saturated heterocycles. The molecular formula is C27H32N4OS2. The van der Waals surface area contributed by atoms with Crippen LogP contribution in [0.25, 0.3) is 0 Å². The SMILES string of the molecule is CSc1nc(C)nc(SC)c1N(C(=O)NCc1ccc(C(C)C)cc1)C1Cc2ccccc2C1. The summed E-state index contributed by atoms with van der Waals surface area (Å²) >= 11 is 3.12. The average Bonchev–Trinajstić information content (AvgIpc) is 3.27. The van der Waals surface area contributed by atoms with Crippen molar-refractivity contribution in [1.29, 1.82) is 0 Å². The summed E-state index contributed by atoms with van der Waals surface area (Å²) in [5.74, 6) is 1.21. The Labute approximate surface area is 211 Å². The zero-order chi connectivity index (χ0) is 24.2. The Morgan fingerprint density at radius 1 is 1.00 bits per heavy atom. The van der Waals surface area contributed by atoms with E-state index in [1.54, 1.807) is 23.5 Å². The predicted octanol–water partition coefficient (Wildman–Crippen LogP) is 6.24. The van der Waals surface area contributed by atoms with Crippen molar-refractivity contribution in [3.8, 4) is 0 Å². The minimum absolute atomic E-state index is 0.0174. The molecule has 0 bridgehead atoms. The van der Waals surface area contributed by atoms with Gasteiger partial charge in [-0.25, -0.2) is 14.8 Å². The highest BCUT2D eigenvalue weighted by molar-refractivity contribution is 7.99. The highest BCUT2D eigenvalue weighted by Crippen LogP contribution is 2.38. The fourth-order valence-corrected chi connectivity index (χ4v) is 5.75. The summed E-state index contributed by atoms with van der Waals surface area (Å²) < 4.78 is 0. The number of nitrogens with zero attached hydrogens (tertiary/aromatic N) is 3. The zero-order valence-corrected chi connectivity index (χ0v) is 22.1. The van der Waals surface area contributed by atoms with E-state index in [9.17, 15) is 4.79 Å². The molecule has 3 aromatic rings. The van der Waals surface area contributed by atoms with Gasteiger partial charge in [0.1, 0.15) is 21.6 Å². The van der Waals surface area contributed by atoms with E-state index in [4.69, 9.17) is 0 Å². The number of carbonyl (C=O) groups is 1. The van der Waals surface area contributed by atoms with Crippen LogP contribution in [0.1, 0.15) is 47.8 Å². The molecule has 7 heteroatoms. The van der Waals surface area contributed by atoms with E-state index in [-0.39, 0.29) is 12.1 Å². The molecule has 1 aliphatic carbocycles. The number of fused-ring (bicyclic) bond motifs is 1. The number of aryl methyl sites for hydroxylation is 1. The number of carbonyl (C=O) groups excluding carboxylic acids is 1. The maximum Gasteiger partial charge on any atom is 0.322 e. The summed E-state index contributed by atoms with van der Waals surface area (Å²) in [7, 11) is 0. The summed E-state index contributed by atoms with van der Waals surface area (Å²) in [6.45, 7) is 6.75. The molecular weight excluding hydrogens is 460 g/mol. The van der Waals surface area contributed by atoms with Gasteiger partial charge in [-0.2, -0.15) is 0 Å². The third kappa shape index (κ3) is 5.26. The van der Waals surface area contributed by atoms with Gasteiger partial charge >= 0.3 is 6.03 Å². The minimum atomic E-state index is -0.108. The van der Waals surface area contributed by atoms with Crippen LogP contribution >= 0.6 is 23.5 Å². The number of urea groups is 1. The molecule has 5 nitrogen and oxygen atoms in total. The summed E-state index contributed by atoms with van der Waals surface area (Å²) in [6.07, 6.45) is 5.65. The highest BCUT2D eigenvalue weighted by Gasteiger charge is 2.34. The molecule has 0 aliphatic heterocycles. The number of anilines is 1. The smallest absolute Gasteiger partial charge is 0.322 e. The molecule has 1 aliphatic rings. The quantitative estimate of drug-likeness (QED) is 0.313. The molecule has 0 saturated carbocycles. The number of aromatic nitrogens is 2. The standard InChI is InChI=1S/C27H32N4OS2/c1-17(2)20-12-10-19(11-13-20)16-28-27(32)31(23-14-21-8-6-7-9-22(21)15-23)24-25(33-4)29-18(3)30-26(24)34-5/h6-13,17,23H,14-16H2,1-5H3,(H,28,32). The second-order valence-electron chi connectivity index (χ2n) is 8.89. The topological polar surface area (TPSA) is 58.1 Å². The van der Waals surface area contributed by atoms with Crippen LogP contribution in [-0.2, 0) is 19.4 Å². The maximum absolute atomic E-state index is 13.8. The van der Waals surface area contributed by atoms with Crippen molar-refractivity contribution >= 4 is 35.2 Å². The second kappa shape index (κ2) is 10.8. The molecule has 0 radical (unpaired) electrons. The number of rotatable bonds is 7. The third-order valence-corrected chi connectivity index (χ3v) is 7.61. The predicted molar refractivity (Wildman–Crippen MR) is 143 cm³/mol. The number of hydrogen-bond acceptors (Lipinski definition) is 5. The molecule has 0 fully saturated rings. The molecule has 0 atom stereocenters. The zero-order valence-electron chi connectivity index (χ0n) is 20.5. The van der Waals surface area contributed by atoms with Gasteiger partial charge in [-0.3, -0.25) is 4.90 Å². The summed E-state index contributed by atoms with van der Waals surface area (Å²) in [6, 6.07) is 16.9. The van der Waals surface area contributed by atoms with Crippen molar-refractivity contribution in [1.82, 2.24) is 15.3 Å². The first kappa shape index (κ1) is 24.6. The minimum Gasteiger partial charge on any atom is -0.334 e. The van der Waals surface area contributed by atoms with E-state index >= 15 is 0 Å². The van der Waals surface area contributed by atoms with Gasteiger partial charge in [-0.05, 0) is 60.4 Å². The normalized spacial score (nSPS) is 13.2. The van der Waals surface area contributed by atoms with Crippen molar-refractivity contribution in [3.63, 3.8) is 0 Å². The Morgan fingerprint density at radius 3 is 2.06 bits per heavy atom. The van der Waals surface area contributed by atoms with Crippen LogP contribution in [0.2, 0.25) is 0 Å². The van der Waals surface area contributed by atoms with Gasteiger partial charge in [0.2, 0.25) is 0 Å². The highest BCUT2D eigenvalue weighted by atomic mass is 32.2. The molecule has 1 heterocycles. The van der Waals surface area contributed by atoms with E-state index < -0.39 is 0 Å². The molecule has 34 heavy (non-hydrogen) atoms. The molecule has 1 aromatic heterocycles. The van der Waals surface area contributed by atoms with Crippen LogP contribution in [0.15, 0.2) is 58.6 Å². The molecule has 4 rings (SSSR count). The molecule has 178 valence electrons. The van der Waals surface area contributed by atoms with Gasteiger partial charge in [0, 0.05) is 12.6 Å². The van der Waals surface area contributed by atoms with Crippen LogP contribution in [0, 0.1) is 6.92 Å². The first-order chi connectivity index (χ1) is 16.4. The van der Waals surface area contributed by atoms with Crippen molar-refractivity contribution in [3.05, 3.63) is 76.6 Å². The lowest BCUT2D eigenvalue weighted by Crippen LogP contribution is -2.47. The average molecular weight is 493 g/mol. The number of hydrogen-bond donors (Lipinski definition) is 1. The van der Waals surface area contributed by atoms with E-state index in [0.717, 1.165) is 40.0 Å². The summed E-state index contributed by atoms with van der Waals surface area (Å²) in [4.78, 5) is 25.1. The first-order valence-corrected chi connectivity index (χ1v) is 14.1. The Balaban J connectivity index is 1.65. The van der Waals surface area contributed by atoms with Gasteiger partial charge in [0.15, 0.2) is 0 Å². The molecule has 2 aromatic carbocycles. The lowest BCUT2D eigenvalue weighted by atomic mass is 10.0. The van der Waals surface area contributed by atoms with Crippen LogP contribution in [0.5, 0.6) is 0 Å². The number of benzene rings is 2. The molecule has 0 unspecified atom stereocenters. The van der Waals surface area contributed by atoms with Crippen LogP contribution in [-0.4, -0.2) is 34.6 Å². The van der Waals surface area contributed by atoms with Crippen LogP contribution in [0.4, 0.5) is 10.5 Å². The molecule has 0 spiro atoms. The van der Waals surface area contributed by atoms with Gasteiger partial charge in [0.05, 0.1) is 0 Å². The monoisotopic (exact) mass is 492 g/mol. The van der Waals surface area contributed by atoms with Crippen LogP contribution < -0.4 is 10.2 Å². The van der Waals surface area contributed by atoms with Gasteiger partial charge in [0.25, 0.3) is 0 Å². The molecule has 2 amide bonds. The van der Waals surface area contributed by atoms with E-state index in [2.05, 4.69) is 77.7 Å². The van der Waals surface area contributed by atoms with Crippen molar-refractivity contribution < 1.29 is 4.79 Å². The lowest BCUT2D eigenvalue weighted by Gasteiger charge is -2.31. The van der Waals surface area contributed by atoms with E-state index in [1.165, 1.54) is 16.7 Å². The Bertz CT molecular complexity index is 1110. The largest absolute Gasteiger partial charge is 0.334 e. The lowest BCUT2D eigenvalue weighted by molar-refractivity contribution is 0.243. The van der Waals surface area contributed by atoms with E-state index in [1.807, 2.05) is 24.3 Å². The number of nitrogens with one attached hydrogen (secondary N) is 1. The van der Waals surface area contributed by atoms with Gasteiger partial charge in [-0.15, -0.1) is 23.5 Å². The van der Waals surface area contributed by atoms with Crippen molar-refractivity contribution in [2.75, 3.05) is 17.4 Å².